The zero-order valence-corrected chi connectivity index (χ0v) is 12.4. The molecule has 1 N–H and O–H groups in total. The number of aromatic nitrogens is 3. The van der Waals surface area contributed by atoms with Gasteiger partial charge in [-0.3, -0.25) is 9.78 Å². The Balaban J connectivity index is 1.60. The summed E-state index contributed by atoms with van der Waals surface area (Å²) in [4.78, 5) is 19.7. The Labute approximate surface area is 125 Å². The first kappa shape index (κ1) is 14.7. The summed E-state index contributed by atoms with van der Waals surface area (Å²) < 4.78 is 8.14. The second-order valence-electron chi connectivity index (χ2n) is 4.06. The molecule has 106 valence electrons. The van der Waals surface area contributed by atoms with E-state index >= 15 is 0 Å². The van der Waals surface area contributed by atoms with Gasteiger partial charge in [-0.05, 0) is 22.0 Å². The van der Waals surface area contributed by atoms with Crippen LogP contribution in [-0.2, 0) is 11.3 Å². The fourth-order valence-electron chi connectivity index (χ4n) is 1.57. The molecule has 2 aromatic heterocycles. The molecule has 0 bridgehead atoms. The van der Waals surface area contributed by atoms with E-state index in [1.165, 1.54) is 6.20 Å². The third-order valence-electron chi connectivity index (χ3n) is 2.55. The minimum Gasteiger partial charge on any atom is -0.378 e. The van der Waals surface area contributed by atoms with Crippen molar-refractivity contribution in [2.45, 2.75) is 6.54 Å². The van der Waals surface area contributed by atoms with Crippen LogP contribution in [0.3, 0.4) is 0 Å². The number of nitrogens with zero attached hydrogens (tertiary/aromatic N) is 3. The Bertz CT molecular complexity index is 545. The fraction of sp³-hybridized carbons (Fsp3) is 0.308. The number of carbonyl (C=O) groups is 1. The van der Waals surface area contributed by atoms with Gasteiger partial charge >= 0.3 is 0 Å². The van der Waals surface area contributed by atoms with E-state index in [4.69, 9.17) is 4.74 Å². The number of hydrogen-bond donors (Lipinski definition) is 1. The lowest BCUT2D eigenvalue weighted by molar-refractivity contribution is 0.0908. The number of imidazole rings is 1. The van der Waals surface area contributed by atoms with Crippen molar-refractivity contribution in [1.82, 2.24) is 19.9 Å². The molecule has 0 spiro atoms. The van der Waals surface area contributed by atoms with Crippen molar-refractivity contribution in [2.24, 2.45) is 0 Å². The van der Waals surface area contributed by atoms with E-state index in [-0.39, 0.29) is 5.91 Å². The summed E-state index contributed by atoms with van der Waals surface area (Å²) in [6.45, 7) is 2.28. The molecule has 0 fully saturated rings. The van der Waals surface area contributed by atoms with Gasteiger partial charge in [-0.15, -0.1) is 0 Å². The number of carbonyl (C=O) groups excluding carboxylic acids is 1. The molecule has 0 unspecified atom stereocenters. The average Bonchev–Trinajstić information content (AvgIpc) is 2.95. The molecule has 0 saturated carbocycles. The lowest BCUT2D eigenvalue weighted by Crippen LogP contribution is -2.27. The summed E-state index contributed by atoms with van der Waals surface area (Å²) in [6.07, 6.45) is 8.51. The first-order valence-electron chi connectivity index (χ1n) is 6.18. The number of ether oxygens (including phenoxy) is 1. The average molecular weight is 339 g/mol. The lowest BCUT2D eigenvalue weighted by atomic mass is 10.3. The molecule has 7 heteroatoms. The van der Waals surface area contributed by atoms with Crippen LogP contribution in [0.2, 0.25) is 0 Å². The molecule has 2 heterocycles. The third-order valence-corrected chi connectivity index (χ3v) is 2.99. The molecule has 0 radical (unpaired) electrons. The number of hydrogen-bond acceptors (Lipinski definition) is 4. The summed E-state index contributed by atoms with van der Waals surface area (Å²) in [7, 11) is 0. The van der Waals surface area contributed by atoms with E-state index < -0.39 is 0 Å². The number of halogens is 1. The van der Waals surface area contributed by atoms with Crippen molar-refractivity contribution >= 4 is 21.8 Å². The maximum atomic E-state index is 11.8. The Hall–Kier alpha value is -1.73. The van der Waals surface area contributed by atoms with Crippen LogP contribution in [0.4, 0.5) is 0 Å². The summed E-state index contributed by atoms with van der Waals surface area (Å²) in [5.41, 5.74) is 0.526. The number of amides is 1. The Kier molecular flexibility index (Phi) is 5.69. The molecule has 0 saturated heterocycles. The van der Waals surface area contributed by atoms with Gasteiger partial charge in [0.25, 0.3) is 5.91 Å². The summed E-state index contributed by atoms with van der Waals surface area (Å²) in [5, 5.41) is 2.78. The van der Waals surface area contributed by atoms with Crippen LogP contribution in [0, 0.1) is 0 Å². The second kappa shape index (κ2) is 7.76. The molecule has 6 nitrogen and oxygen atoms in total. The standard InChI is InChI=1S/C13H15BrN4O2/c14-12-7-11(8-16-9-12)13(19)17-2-5-20-6-4-18-3-1-15-10-18/h1,3,7-10H,2,4-6H2,(H,17,19). The van der Waals surface area contributed by atoms with Crippen LogP contribution in [0.1, 0.15) is 10.4 Å². The van der Waals surface area contributed by atoms with Crippen LogP contribution in [0.15, 0.2) is 41.7 Å². The van der Waals surface area contributed by atoms with Gasteiger partial charge in [-0.1, -0.05) is 0 Å². The second-order valence-corrected chi connectivity index (χ2v) is 4.98. The van der Waals surface area contributed by atoms with Crippen LogP contribution in [-0.4, -0.2) is 40.2 Å². The highest BCUT2D eigenvalue weighted by Crippen LogP contribution is 2.09. The van der Waals surface area contributed by atoms with E-state index in [1.807, 2.05) is 10.8 Å². The maximum Gasteiger partial charge on any atom is 0.252 e. The van der Waals surface area contributed by atoms with E-state index in [1.54, 1.807) is 24.8 Å². The molecule has 0 aromatic carbocycles. The Morgan fingerprint density at radius 3 is 3.00 bits per heavy atom. The predicted molar refractivity (Wildman–Crippen MR) is 77.3 cm³/mol. The topological polar surface area (TPSA) is 69.0 Å². The summed E-state index contributed by atoms with van der Waals surface area (Å²) >= 11 is 3.28. The summed E-state index contributed by atoms with van der Waals surface area (Å²) in [5.74, 6) is -0.156. The van der Waals surface area contributed by atoms with Gasteiger partial charge in [-0.25, -0.2) is 4.98 Å². The van der Waals surface area contributed by atoms with Crippen molar-refractivity contribution in [3.05, 3.63) is 47.2 Å². The number of nitrogens with one attached hydrogen (secondary N) is 1. The molecule has 2 rings (SSSR count). The van der Waals surface area contributed by atoms with Crippen molar-refractivity contribution in [3.63, 3.8) is 0 Å². The SMILES string of the molecule is O=C(NCCOCCn1ccnc1)c1cncc(Br)c1. The highest BCUT2D eigenvalue weighted by atomic mass is 79.9. The minimum absolute atomic E-state index is 0.156. The Morgan fingerprint density at radius 2 is 2.25 bits per heavy atom. The van der Waals surface area contributed by atoms with Crippen LogP contribution >= 0.6 is 15.9 Å². The van der Waals surface area contributed by atoms with Crippen molar-refractivity contribution in [3.8, 4) is 0 Å². The van der Waals surface area contributed by atoms with Gasteiger partial charge < -0.3 is 14.6 Å². The van der Waals surface area contributed by atoms with Crippen LogP contribution in [0.25, 0.3) is 0 Å². The smallest absolute Gasteiger partial charge is 0.252 e. The van der Waals surface area contributed by atoms with Crippen molar-refractivity contribution in [1.29, 1.82) is 0 Å². The zero-order valence-electron chi connectivity index (χ0n) is 10.8. The molecule has 20 heavy (non-hydrogen) atoms. The number of rotatable bonds is 7. The van der Waals surface area contributed by atoms with Gasteiger partial charge in [0.1, 0.15) is 0 Å². The molecule has 1 amide bonds. The molecule has 2 aromatic rings. The van der Waals surface area contributed by atoms with Gasteiger partial charge in [-0.2, -0.15) is 0 Å². The van der Waals surface area contributed by atoms with E-state index in [9.17, 15) is 4.79 Å². The quantitative estimate of drug-likeness (QED) is 0.776. The molecular formula is C13H15BrN4O2. The van der Waals surface area contributed by atoms with Gasteiger partial charge in [0.2, 0.25) is 0 Å². The maximum absolute atomic E-state index is 11.8. The lowest BCUT2D eigenvalue weighted by Gasteiger charge is -2.07. The normalized spacial score (nSPS) is 10.4. The monoisotopic (exact) mass is 338 g/mol. The molecule has 0 aliphatic heterocycles. The first-order chi connectivity index (χ1) is 9.75. The molecular weight excluding hydrogens is 324 g/mol. The Morgan fingerprint density at radius 1 is 1.35 bits per heavy atom. The van der Waals surface area contributed by atoms with Crippen molar-refractivity contribution < 1.29 is 9.53 Å². The zero-order chi connectivity index (χ0) is 14.2. The third kappa shape index (κ3) is 4.75. The highest BCUT2D eigenvalue weighted by molar-refractivity contribution is 9.10. The fourth-order valence-corrected chi connectivity index (χ4v) is 1.93. The summed E-state index contributed by atoms with van der Waals surface area (Å²) in [6, 6.07) is 1.72. The van der Waals surface area contributed by atoms with Gasteiger partial charge in [0.05, 0.1) is 25.1 Å². The van der Waals surface area contributed by atoms with E-state index in [0.717, 1.165) is 11.0 Å². The van der Waals surface area contributed by atoms with Crippen LogP contribution in [0.5, 0.6) is 0 Å². The largest absolute Gasteiger partial charge is 0.378 e. The first-order valence-corrected chi connectivity index (χ1v) is 6.97. The molecule has 0 atom stereocenters. The molecule has 0 aliphatic rings. The predicted octanol–water partition coefficient (Wildman–Crippen LogP) is 1.49. The van der Waals surface area contributed by atoms with Crippen LogP contribution < -0.4 is 5.32 Å². The molecule has 0 aliphatic carbocycles. The minimum atomic E-state index is -0.156. The van der Waals surface area contributed by atoms with E-state index in [0.29, 0.717) is 25.3 Å². The van der Waals surface area contributed by atoms with Crippen molar-refractivity contribution in [2.75, 3.05) is 19.8 Å². The van der Waals surface area contributed by atoms with Gasteiger partial charge in [0.15, 0.2) is 0 Å². The number of pyridine rings is 1. The van der Waals surface area contributed by atoms with Gasteiger partial charge in [0, 0.05) is 42.3 Å². The highest BCUT2D eigenvalue weighted by Gasteiger charge is 2.05. The van der Waals surface area contributed by atoms with E-state index in [2.05, 4.69) is 31.2 Å².